The second-order valence-corrected chi connectivity index (χ2v) is 21.1. The monoisotopic (exact) mass is 1190 g/mol. The number of nitrogens with zero attached hydrogens (tertiary/aromatic N) is 9. The Labute approximate surface area is 487 Å². The fourth-order valence-corrected chi connectivity index (χ4v) is 11.1. The highest BCUT2D eigenvalue weighted by molar-refractivity contribution is 6.18. The first-order valence-corrected chi connectivity index (χ1v) is 28.5. The summed E-state index contributed by atoms with van der Waals surface area (Å²) in [4.78, 5) is 48.1. The molecule has 2 aromatic carbocycles. The third-order valence-corrected chi connectivity index (χ3v) is 15.5. The van der Waals surface area contributed by atoms with Crippen LogP contribution in [0.2, 0.25) is 0 Å². The third kappa shape index (κ3) is 16.6. The Kier molecular flexibility index (Phi) is 24.6. The van der Waals surface area contributed by atoms with Crippen molar-refractivity contribution in [3.05, 3.63) is 118 Å². The van der Waals surface area contributed by atoms with Crippen LogP contribution < -0.4 is 27.7 Å². The second-order valence-electron chi connectivity index (χ2n) is 20.3. The Morgan fingerprint density at radius 2 is 0.950 bits per heavy atom. The molecule has 0 unspecified atom stereocenters. The number of hydrogen-bond acceptors (Lipinski definition) is 14. The van der Waals surface area contributed by atoms with Gasteiger partial charge in [0, 0.05) is 112 Å². The lowest BCUT2D eigenvalue weighted by Crippen LogP contribution is -2.46. The maximum absolute atomic E-state index is 13.7. The summed E-state index contributed by atoms with van der Waals surface area (Å²) >= 11 is 10.5. The van der Waals surface area contributed by atoms with Gasteiger partial charge in [0.15, 0.2) is 0 Å². The molecule has 80 heavy (non-hydrogen) atoms. The van der Waals surface area contributed by atoms with Crippen LogP contribution in [-0.4, -0.2) is 145 Å². The number of aromatic nitrogens is 8. The predicted molar refractivity (Wildman–Crippen MR) is 313 cm³/mol. The normalized spacial score (nSPS) is 20.9. The maximum atomic E-state index is 13.7. The SMILES string of the molecule is Cl.Cl.ClCCOCCCl.NC1CCC(Nc2nccc(-c3cn(C4CCOCC4)c(=O)n3-c3ccc(F)cc3)n2)CC1.O=c1n(C2CCOCC2)cc(-c2ccnc(NC3CCC(N4CCOCC4)CC3)n2)n1-c1ccc(F)cc1. The van der Waals surface area contributed by atoms with E-state index in [1.54, 1.807) is 61.0 Å². The lowest BCUT2D eigenvalue weighted by molar-refractivity contribution is 0.00790. The molecule has 3 aliphatic heterocycles. The summed E-state index contributed by atoms with van der Waals surface area (Å²) in [6.07, 6.45) is 18.6. The number of halogens is 6. The van der Waals surface area contributed by atoms with Crippen LogP contribution in [0.1, 0.15) is 89.1 Å². The van der Waals surface area contributed by atoms with E-state index in [-0.39, 0.29) is 72.0 Å². The van der Waals surface area contributed by atoms with Crippen molar-refractivity contribution in [2.24, 2.45) is 5.73 Å². The van der Waals surface area contributed by atoms with Crippen LogP contribution in [-0.2, 0) is 18.9 Å². The van der Waals surface area contributed by atoms with Gasteiger partial charge in [0.05, 0.1) is 60.6 Å². The van der Waals surface area contributed by atoms with E-state index >= 15 is 0 Å². The molecule has 2 aliphatic carbocycles. The summed E-state index contributed by atoms with van der Waals surface area (Å²) in [5, 5.41) is 6.97. The van der Waals surface area contributed by atoms with E-state index in [1.165, 1.54) is 24.3 Å². The van der Waals surface area contributed by atoms with Gasteiger partial charge in [-0.25, -0.2) is 38.3 Å². The number of ether oxygens (including phenoxy) is 4. The molecule has 4 N–H and O–H groups in total. The number of nitrogens with two attached hydrogens (primary N) is 1. The number of benzene rings is 2. The zero-order valence-electron chi connectivity index (χ0n) is 44.9. The Hall–Kier alpha value is -5.00. The molecule has 7 heterocycles. The quantitative estimate of drug-likeness (QED) is 0.0650. The third-order valence-electron chi connectivity index (χ3n) is 15.1. The van der Waals surface area contributed by atoms with Crippen LogP contribution in [0.15, 0.2) is 95.0 Å². The molecule has 5 fully saturated rings. The van der Waals surface area contributed by atoms with Crippen molar-refractivity contribution in [2.45, 2.75) is 113 Å². The summed E-state index contributed by atoms with van der Waals surface area (Å²) in [6.45, 7) is 7.43. The molecule has 24 heteroatoms. The summed E-state index contributed by atoms with van der Waals surface area (Å²) in [6, 6.07) is 17.2. The van der Waals surface area contributed by atoms with Crippen LogP contribution in [0.5, 0.6) is 0 Å². The fraction of sp³-hybridized carbons (Fsp3) is 0.536. The number of imidazole rings is 2. The zero-order valence-corrected chi connectivity index (χ0v) is 48.0. The first-order valence-electron chi connectivity index (χ1n) is 27.5. The lowest BCUT2D eigenvalue weighted by Gasteiger charge is -2.38. The Balaban J connectivity index is 0.000000204. The molecule has 0 amide bonds. The second kappa shape index (κ2) is 31.4. The minimum absolute atomic E-state index is 0. The van der Waals surface area contributed by atoms with E-state index in [4.69, 9.17) is 57.9 Å². The first-order chi connectivity index (χ1) is 38.1. The molecule has 3 saturated heterocycles. The van der Waals surface area contributed by atoms with Gasteiger partial charge in [-0.15, -0.1) is 48.0 Å². The molecular weight excluding hydrogens is 1120 g/mol. The predicted octanol–water partition coefficient (Wildman–Crippen LogP) is 9.23. The topological polar surface area (TPSA) is 196 Å². The van der Waals surface area contributed by atoms with Gasteiger partial charge in [0.2, 0.25) is 11.9 Å². The van der Waals surface area contributed by atoms with Gasteiger partial charge < -0.3 is 35.3 Å². The zero-order chi connectivity index (χ0) is 54.2. The number of alkyl halides is 2. The van der Waals surface area contributed by atoms with Crippen molar-refractivity contribution >= 4 is 59.9 Å². The lowest BCUT2D eigenvalue weighted by atomic mass is 9.90. The van der Waals surface area contributed by atoms with E-state index in [0.29, 0.717) is 110 Å². The smallest absolute Gasteiger partial charge is 0.333 e. The number of rotatable bonds is 15. The van der Waals surface area contributed by atoms with E-state index in [1.807, 2.05) is 18.5 Å². The number of anilines is 2. The van der Waals surface area contributed by atoms with Crippen molar-refractivity contribution in [3.8, 4) is 34.2 Å². The van der Waals surface area contributed by atoms with Crippen LogP contribution in [0.3, 0.4) is 0 Å². The van der Waals surface area contributed by atoms with Crippen molar-refractivity contribution in [2.75, 3.05) is 88.3 Å². The van der Waals surface area contributed by atoms with Crippen molar-refractivity contribution in [1.29, 1.82) is 0 Å². The van der Waals surface area contributed by atoms with Crippen LogP contribution in [0.4, 0.5) is 20.7 Å². The Morgan fingerprint density at radius 3 is 1.36 bits per heavy atom. The first kappa shape index (κ1) is 62.6. The van der Waals surface area contributed by atoms with Gasteiger partial charge in [-0.1, -0.05) is 0 Å². The number of morpholine rings is 1. The molecule has 0 bridgehead atoms. The molecule has 2 saturated carbocycles. The Morgan fingerprint density at radius 1 is 0.550 bits per heavy atom. The standard InChI is InChI=1S/C28H35FN6O3.C24H29FN6O2.C4H8Cl2O.2ClH/c29-20-1-5-24(6-2-20)35-26(19-34(28(35)36)23-10-15-37-16-11-23)25-9-12-30-27(32-25)31-21-3-7-22(8-4-21)33-13-17-38-18-14-33;25-16-1-7-20(8-2-16)31-22(15-30(24(31)32)19-10-13-33-14-11-19)21-9-12-27-23(29-21)28-18-5-3-17(26)4-6-18;5-1-3-7-4-2-6;;/h1-2,5-6,9,12,19,21-23H,3-4,7-8,10-11,13-18H2,(H,30,31,32);1-2,7-9,12,15,17-19H,3-6,10-11,13-14,26H2,(H,27,28,29);1-4H2;2*1H. The maximum Gasteiger partial charge on any atom is 0.333 e. The minimum Gasteiger partial charge on any atom is -0.381 e. The van der Waals surface area contributed by atoms with Gasteiger partial charge in [-0.3, -0.25) is 23.2 Å². The van der Waals surface area contributed by atoms with E-state index in [9.17, 15) is 18.4 Å². The summed E-state index contributed by atoms with van der Waals surface area (Å²) in [7, 11) is 0. The summed E-state index contributed by atoms with van der Waals surface area (Å²) < 4.78 is 55.4. The minimum atomic E-state index is -0.349. The number of hydrogen-bond donors (Lipinski definition) is 3. The van der Waals surface area contributed by atoms with Crippen LogP contribution >= 0.6 is 48.0 Å². The average molecular weight is 1190 g/mol. The molecule has 0 radical (unpaired) electrons. The van der Waals surface area contributed by atoms with Crippen molar-refractivity contribution in [1.82, 2.24) is 43.1 Å². The highest BCUT2D eigenvalue weighted by atomic mass is 35.5. The molecule has 0 atom stereocenters. The molecule has 6 aromatic rings. The van der Waals surface area contributed by atoms with Crippen LogP contribution in [0, 0.1) is 11.6 Å². The summed E-state index contributed by atoms with van der Waals surface area (Å²) in [5.41, 5.74) is 9.48. The number of nitrogens with one attached hydrogen (secondary N) is 2. The molecule has 5 aliphatic rings. The largest absolute Gasteiger partial charge is 0.381 e. The highest BCUT2D eigenvalue weighted by Gasteiger charge is 2.29. The molecule has 11 rings (SSSR count). The fourth-order valence-electron chi connectivity index (χ4n) is 10.9. The van der Waals surface area contributed by atoms with Crippen molar-refractivity contribution in [3.63, 3.8) is 0 Å². The molecule has 4 aromatic heterocycles. The summed E-state index contributed by atoms with van der Waals surface area (Å²) in [5.74, 6) is 1.51. The van der Waals surface area contributed by atoms with E-state index in [2.05, 4.69) is 25.5 Å². The van der Waals surface area contributed by atoms with Gasteiger partial charge >= 0.3 is 11.4 Å². The van der Waals surface area contributed by atoms with Crippen molar-refractivity contribution < 1.29 is 27.7 Å². The average Bonchev–Trinajstić information content (AvgIpc) is 4.04. The molecule has 18 nitrogen and oxygen atoms in total. The Bertz CT molecular complexity index is 2910. The highest BCUT2D eigenvalue weighted by Crippen LogP contribution is 2.30. The molecular formula is C56H74Cl4F2N12O6. The molecule has 0 spiro atoms. The van der Waals surface area contributed by atoms with Gasteiger partial charge in [-0.2, -0.15) is 0 Å². The van der Waals surface area contributed by atoms with E-state index < -0.39 is 0 Å². The van der Waals surface area contributed by atoms with E-state index in [0.717, 1.165) is 103 Å². The molecule has 436 valence electrons. The van der Waals surface area contributed by atoms with Gasteiger partial charge in [0.25, 0.3) is 0 Å². The van der Waals surface area contributed by atoms with Gasteiger partial charge in [0.1, 0.15) is 11.6 Å². The van der Waals surface area contributed by atoms with Gasteiger partial charge in [-0.05, 0) is 138 Å². The van der Waals surface area contributed by atoms with Crippen LogP contribution in [0.25, 0.3) is 34.2 Å².